The van der Waals surface area contributed by atoms with Crippen LogP contribution < -0.4 is 19.9 Å². The number of hydrogen-bond acceptors (Lipinski definition) is 6. The van der Waals surface area contributed by atoms with Crippen LogP contribution in [-0.4, -0.2) is 27.4 Å². The molecule has 2 N–H and O–H groups in total. The van der Waals surface area contributed by atoms with Crippen LogP contribution in [0.3, 0.4) is 0 Å². The number of aromatic carboxylic acids is 1. The largest absolute Gasteiger partial charge is 0.545 e. The highest BCUT2D eigenvalue weighted by Crippen LogP contribution is 2.27. The Hall–Kier alpha value is -3.85. The summed E-state index contributed by atoms with van der Waals surface area (Å²) in [7, 11) is -2.62. The number of aryl methyl sites for hydroxylation is 1. The van der Waals surface area contributed by atoms with Crippen molar-refractivity contribution in [2.24, 2.45) is 0 Å². The first-order chi connectivity index (χ1) is 14.7. The van der Waals surface area contributed by atoms with Gasteiger partial charge in [-0.15, -0.1) is 0 Å². The maximum absolute atomic E-state index is 13.0. The molecule has 0 atom stereocenters. The van der Waals surface area contributed by atoms with E-state index < -0.39 is 21.9 Å². The Labute approximate surface area is 179 Å². The van der Waals surface area contributed by atoms with Crippen molar-refractivity contribution >= 4 is 33.3 Å². The van der Waals surface area contributed by atoms with Gasteiger partial charge in [-0.2, -0.15) is 0 Å². The van der Waals surface area contributed by atoms with Crippen molar-refractivity contribution in [3.05, 3.63) is 83.4 Å². The molecule has 0 spiro atoms. The number of para-hydroxylation sites is 3. The van der Waals surface area contributed by atoms with Gasteiger partial charge in [-0.3, -0.25) is 9.52 Å². The average molecular weight is 439 g/mol. The molecule has 0 fully saturated rings. The van der Waals surface area contributed by atoms with Crippen molar-refractivity contribution in [1.29, 1.82) is 0 Å². The number of carbonyl (C=O) groups excluding carboxylic acids is 2. The topological polar surface area (TPSA) is 125 Å². The summed E-state index contributed by atoms with van der Waals surface area (Å²) in [6.45, 7) is 1.60. The highest BCUT2D eigenvalue weighted by Gasteiger charge is 2.21. The van der Waals surface area contributed by atoms with Gasteiger partial charge in [0.25, 0.3) is 15.9 Å². The summed E-state index contributed by atoms with van der Waals surface area (Å²) in [5, 5.41) is 13.7. The molecule has 0 aliphatic heterocycles. The summed E-state index contributed by atoms with van der Waals surface area (Å²) in [5.41, 5.74) is 0.577. The molecule has 0 heterocycles. The predicted octanol–water partition coefficient (Wildman–Crippen LogP) is 2.42. The molecule has 9 heteroatoms. The Morgan fingerprint density at radius 1 is 0.935 bits per heavy atom. The normalized spacial score (nSPS) is 10.9. The van der Waals surface area contributed by atoms with E-state index in [2.05, 4.69) is 10.0 Å². The van der Waals surface area contributed by atoms with Crippen molar-refractivity contribution in [2.75, 3.05) is 17.1 Å². The number of ether oxygens (including phenoxy) is 1. The van der Waals surface area contributed by atoms with E-state index in [1.54, 1.807) is 37.3 Å². The van der Waals surface area contributed by atoms with E-state index >= 15 is 0 Å². The third-order valence-electron chi connectivity index (χ3n) is 4.49. The Morgan fingerprint density at radius 3 is 2.26 bits per heavy atom. The van der Waals surface area contributed by atoms with Crippen molar-refractivity contribution < 1.29 is 27.9 Å². The molecular weight excluding hydrogens is 420 g/mol. The number of rotatable bonds is 7. The van der Waals surface area contributed by atoms with E-state index in [-0.39, 0.29) is 27.4 Å². The highest BCUT2D eigenvalue weighted by atomic mass is 32.2. The second kappa shape index (κ2) is 8.88. The van der Waals surface area contributed by atoms with Crippen LogP contribution in [0.25, 0.3) is 0 Å². The number of anilines is 2. The van der Waals surface area contributed by atoms with E-state index in [0.29, 0.717) is 11.3 Å². The number of carboxylic acids is 1. The van der Waals surface area contributed by atoms with Gasteiger partial charge < -0.3 is 20.0 Å². The van der Waals surface area contributed by atoms with Crippen LogP contribution in [-0.2, 0) is 10.0 Å². The quantitative estimate of drug-likeness (QED) is 0.583. The first kappa shape index (κ1) is 21.8. The van der Waals surface area contributed by atoms with Crippen molar-refractivity contribution in [1.82, 2.24) is 0 Å². The zero-order valence-corrected chi connectivity index (χ0v) is 17.5. The van der Waals surface area contributed by atoms with Crippen LogP contribution in [0.4, 0.5) is 11.4 Å². The summed E-state index contributed by atoms with van der Waals surface area (Å²) in [6, 6.07) is 16.5. The molecule has 3 aromatic carbocycles. The first-order valence-electron chi connectivity index (χ1n) is 9.11. The minimum Gasteiger partial charge on any atom is -0.545 e. The Kier molecular flexibility index (Phi) is 6.26. The molecule has 0 saturated heterocycles. The summed E-state index contributed by atoms with van der Waals surface area (Å²) in [6.07, 6.45) is 0. The Bertz CT molecular complexity index is 1250. The number of carboxylic acid groups (broad SMARTS) is 1. The maximum Gasteiger partial charge on any atom is 0.262 e. The number of sulfonamides is 1. The molecule has 0 aliphatic rings. The van der Waals surface area contributed by atoms with Crippen molar-refractivity contribution in [2.45, 2.75) is 11.8 Å². The second-order valence-electron chi connectivity index (χ2n) is 6.57. The smallest absolute Gasteiger partial charge is 0.262 e. The predicted molar refractivity (Wildman–Crippen MR) is 114 cm³/mol. The molecule has 0 bridgehead atoms. The molecule has 160 valence electrons. The molecule has 0 aliphatic carbocycles. The first-order valence-corrected chi connectivity index (χ1v) is 10.6. The summed E-state index contributed by atoms with van der Waals surface area (Å²) >= 11 is 0. The van der Waals surface area contributed by atoms with Gasteiger partial charge in [0.05, 0.1) is 29.3 Å². The number of carbonyl (C=O) groups is 2. The number of methoxy groups -OCH3 is 1. The molecular formula is C22H19N2O6S-. The van der Waals surface area contributed by atoms with Gasteiger partial charge in [0.1, 0.15) is 5.75 Å². The molecule has 0 radical (unpaired) electrons. The number of amides is 1. The van der Waals surface area contributed by atoms with Crippen LogP contribution in [0.5, 0.6) is 5.75 Å². The second-order valence-corrected chi connectivity index (χ2v) is 8.22. The molecule has 0 aromatic heterocycles. The SMILES string of the molecule is COc1ccccc1NS(=O)(=O)c1cc(C(=O)Nc2ccccc2C(=O)[O-])ccc1C. The van der Waals surface area contributed by atoms with Gasteiger partial charge in [0, 0.05) is 11.1 Å². The minimum atomic E-state index is -4.04. The summed E-state index contributed by atoms with van der Waals surface area (Å²) in [4.78, 5) is 23.8. The fourth-order valence-electron chi connectivity index (χ4n) is 2.92. The molecule has 8 nitrogen and oxygen atoms in total. The van der Waals surface area contributed by atoms with E-state index in [9.17, 15) is 23.1 Å². The minimum absolute atomic E-state index is 0.0409. The molecule has 3 rings (SSSR count). The van der Waals surface area contributed by atoms with Crippen molar-refractivity contribution in [3.8, 4) is 5.75 Å². The Morgan fingerprint density at radius 2 is 1.58 bits per heavy atom. The van der Waals surface area contributed by atoms with Crippen LogP contribution in [0.1, 0.15) is 26.3 Å². The molecule has 31 heavy (non-hydrogen) atoms. The lowest BCUT2D eigenvalue weighted by Gasteiger charge is -2.15. The van der Waals surface area contributed by atoms with Crippen LogP contribution >= 0.6 is 0 Å². The van der Waals surface area contributed by atoms with E-state index in [1.807, 2.05) is 0 Å². The van der Waals surface area contributed by atoms with Crippen LogP contribution in [0.2, 0.25) is 0 Å². The fourth-order valence-corrected chi connectivity index (χ4v) is 4.27. The van der Waals surface area contributed by atoms with Gasteiger partial charge in [0.2, 0.25) is 0 Å². The van der Waals surface area contributed by atoms with Gasteiger partial charge in [-0.1, -0.05) is 36.4 Å². The monoisotopic (exact) mass is 439 g/mol. The van der Waals surface area contributed by atoms with Gasteiger partial charge in [-0.05, 0) is 42.8 Å². The van der Waals surface area contributed by atoms with E-state index in [4.69, 9.17) is 4.74 Å². The van der Waals surface area contributed by atoms with E-state index in [0.717, 1.165) is 0 Å². The summed E-state index contributed by atoms with van der Waals surface area (Å²) < 4.78 is 33.6. The lowest BCUT2D eigenvalue weighted by Crippen LogP contribution is -2.25. The third-order valence-corrected chi connectivity index (χ3v) is 5.99. The zero-order chi connectivity index (χ0) is 22.6. The average Bonchev–Trinajstić information content (AvgIpc) is 2.74. The standard InChI is InChI=1S/C22H20N2O6S/c1-14-11-12-15(21(25)23-17-8-4-3-7-16(17)22(26)27)13-20(14)31(28,29)24-18-9-5-6-10-19(18)30-2/h3-13,24H,1-2H3,(H,23,25)(H,26,27)/p-1. The van der Waals surface area contributed by atoms with Gasteiger partial charge >= 0.3 is 0 Å². The maximum atomic E-state index is 13.0. The van der Waals surface area contributed by atoms with Gasteiger partial charge in [0.15, 0.2) is 0 Å². The molecule has 1 amide bonds. The van der Waals surface area contributed by atoms with Gasteiger partial charge in [-0.25, -0.2) is 8.42 Å². The third kappa shape index (κ3) is 4.84. The lowest BCUT2D eigenvalue weighted by atomic mass is 10.1. The number of nitrogens with one attached hydrogen (secondary N) is 2. The van der Waals surface area contributed by atoms with E-state index in [1.165, 1.54) is 43.5 Å². The van der Waals surface area contributed by atoms with Crippen LogP contribution in [0.15, 0.2) is 71.6 Å². The Balaban J connectivity index is 1.93. The number of benzene rings is 3. The molecule has 0 saturated carbocycles. The summed E-state index contributed by atoms with van der Waals surface area (Å²) in [5.74, 6) is -1.76. The highest BCUT2D eigenvalue weighted by molar-refractivity contribution is 7.92. The van der Waals surface area contributed by atoms with Crippen molar-refractivity contribution in [3.63, 3.8) is 0 Å². The molecule has 3 aromatic rings. The fraction of sp³-hybridized carbons (Fsp3) is 0.0909. The lowest BCUT2D eigenvalue weighted by molar-refractivity contribution is -0.254. The number of hydrogen-bond donors (Lipinski definition) is 2. The zero-order valence-electron chi connectivity index (χ0n) is 16.7. The van der Waals surface area contributed by atoms with Crippen LogP contribution in [0, 0.1) is 6.92 Å². The molecule has 0 unspecified atom stereocenters.